The standard InChI is InChI=1S/C15H19N3O2S/c1-2-13(19-6-1)9-18-5-3-15(11-18)8-12(10-20-15)17-14-16-4-7-21-14/h1-2,4,6-7,12H,3,5,8-11H2,(H,16,17). The lowest BCUT2D eigenvalue weighted by molar-refractivity contribution is 0.0115. The summed E-state index contributed by atoms with van der Waals surface area (Å²) in [5.41, 5.74) is 0.0154. The molecule has 5 nitrogen and oxygen atoms in total. The van der Waals surface area contributed by atoms with Gasteiger partial charge in [-0.2, -0.15) is 0 Å². The summed E-state index contributed by atoms with van der Waals surface area (Å²) in [4.78, 5) is 6.71. The third-order valence-corrected chi connectivity index (χ3v) is 5.03. The lowest BCUT2D eigenvalue weighted by Gasteiger charge is -2.23. The van der Waals surface area contributed by atoms with E-state index in [1.807, 2.05) is 23.7 Å². The number of hydrogen-bond acceptors (Lipinski definition) is 6. The van der Waals surface area contributed by atoms with E-state index in [4.69, 9.17) is 9.15 Å². The zero-order valence-electron chi connectivity index (χ0n) is 11.8. The maximum absolute atomic E-state index is 6.15. The van der Waals surface area contributed by atoms with Crippen LogP contribution in [0.1, 0.15) is 18.6 Å². The van der Waals surface area contributed by atoms with Crippen LogP contribution in [0, 0.1) is 0 Å². The topological polar surface area (TPSA) is 50.5 Å². The molecule has 6 heteroatoms. The van der Waals surface area contributed by atoms with Gasteiger partial charge in [0.1, 0.15) is 5.76 Å². The fraction of sp³-hybridized carbons (Fsp3) is 0.533. The molecule has 21 heavy (non-hydrogen) atoms. The number of nitrogens with zero attached hydrogens (tertiary/aromatic N) is 2. The van der Waals surface area contributed by atoms with E-state index in [0.29, 0.717) is 6.04 Å². The van der Waals surface area contributed by atoms with E-state index in [1.165, 1.54) is 0 Å². The molecular formula is C15H19N3O2S. The van der Waals surface area contributed by atoms with Crippen molar-refractivity contribution in [3.05, 3.63) is 35.7 Å². The van der Waals surface area contributed by atoms with Gasteiger partial charge in [-0.1, -0.05) is 0 Å². The zero-order chi connectivity index (χ0) is 14.1. The summed E-state index contributed by atoms with van der Waals surface area (Å²) in [6, 6.07) is 4.36. The molecule has 2 saturated heterocycles. The van der Waals surface area contributed by atoms with E-state index in [0.717, 1.165) is 50.0 Å². The number of ether oxygens (including phenoxy) is 1. The number of nitrogens with one attached hydrogen (secondary N) is 1. The van der Waals surface area contributed by atoms with Crippen molar-refractivity contribution in [2.24, 2.45) is 0 Å². The van der Waals surface area contributed by atoms with Gasteiger partial charge < -0.3 is 14.5 Å². The molecule has 2 aromatic rings. The van der Waals surface area contributed by atoms with Gasteiger partial charge in [0.15, 0.2) is 5.13 Å². The van der Waals surface area contributed by atoms with Crippen LogP contribution in [-0.4, -0.2) is 41.2 Å². The predicted octanol–water partition coefficient (Wildman–Crippen LogP) is 2.58. The van der Waals surface area contributed by atoms with Crippen molar-refractivity contribution in [1.82, 2.24) is 9.88 Å². The minimum Gasteiger partial charge on any atom is -0.468 e. The van der Waals surface area contributed by atoms with E-state index >= 15 is 0 Å². The van der Waals surface area contributed by atoms with Gasteiger partial charge in [-0.3, -0.25) is 4.90 Å². The van der Waals surface area contributed by atoms with Crippen LogP contribution >= 0.6 is 11.3 Å². The average Bonchev–Trinajstić information content (AvgIpc) is 3.22. The highest BCUT2D eigenvalue weighted by atomic mass is 32.1. The molecule has 112 valence electrons. The molecule has 0 bridgehead atoms. The van der Waals surface area contributed by atoms with Crippen LogP contribution < -0.4 is 5.32 Å². The van der Waals surface area contributed by atoms with Crippen LogP contribution in [0.5, 0.6) is 0 Å². The summed E-state index contributed by atoms with van der Waals surface area (Å²) >= 11 is 1.64. The van der Waals surface area contributed by atoms with Gasteiger partial charge in [0.25, 0.3) is 0 Å². The third-order valence-electron chi connectivity index (χ3n) is 4.32. The largest absolute Gasteiger partial charge is 0.468 e. The third kappa shape index (κ3) is 2.84. The Labute approximate surface area is 127 Å². The first kappa shape index (κ1) is 13.3. The second-order valence-corrected chi connectivity index (χ2v) is 6.81. The summed E-state index contributed by atoms with van der Waals surface area (Å²) in [5, 5.41) is 6.46. The summed E-state index contributed by atoms with van der Waals surface area (Å²) in [6.45, 7) is 3.71. The van der Waals surface area contributed by atoms with Gasteiger partial charge in [-0.15, -0.1) is 11.3 Å². The molecule has 0 saturated carbocycles. The Morgan fingerprint density at radius 3 is 3.33 bits per heavy atom. The first-order valence-corrected chi connectivity index (χ1v) is 8.24. The Morgan fingerprint density at radius 1 is 1.52 bits per heavy atom. The van der Waals surface area contributed by atoms with Gasteiger partial charge >= 0.3 is 0 Å². The van der Waals surface area contributed by atoms with Gasteiger partial charge in [-0.05, 0) is 18.6 Å². The van der Waals surface area contributed by atoms with Crippen LogP contribution in [0.4, 0.5) is 5.13 Å². The molecule has 0 radical (unpaired) electrons. The molecule has 2 atom stereocenters. The quantitative estimate of drug-likeness (QED) is 0.941. The molecule has 2 aromatic heterocycles. The molecule has 2 aliphatic heterocycles. The fourth-order valence-electron chi connectivity index (χ4n) is 3.38. The molecule has 0 amide bonds. The summed E-state index contributed by atoms with van der Waals surface area (Å²) in [7, 11) is 0. The maximum atomic E-state index is 6.15. The summed E-state index contributed by atoms with van der Waals surface area (Å²) in [5.74, 6) is 1.03. The van der Waals surface area contributed by atoms with E-state index in [1.54, 1.807) is 17.6 Å². The van der Waals surface area contributed by atoms with Gasteiger partial charge in [0, 0.05) is 31.1 Å². The van der Waals surface area contributed by atoms with E-state index in [9.17, 15) is 0 Å². The molecule has 0 aromatic carbocycles. The number of rotatable bonds is 4. The Morgan fingerprint density at radius 2 is 2.52 bits per heavy atom. The molecule has 2 fully saturated rings. The smallest absolute Gasteiger partial charge is 0.182 e. The molecule has 1 spiro atoms. The van der Waals surface area contributed by atoms with Crippen LogP contribution in [0.15, 0.2) is 34.4 Å². The Hall–Kier alpha value is -1.37. The highest BCUT2D eigenvalue weighted by Gasteiger charge is 2.45. The van der Waals surface area contributed by atoms with Gasteiger partial charge in [0.05, 0.1) is 31.1 Å². The molecule has 4 rings (SSSR count). The number of likely N-dealkylation sites (tertiary alicyclic amines) is 1. The molecule has 4 heterocycles. The molecule has 2 aliphatic rings. The maximum Gasteiger partial charge on any atom is 0.182 e. The first-order valence-electron chi connectivity index (χ1n) is 7.36. The van der Waals surface area contributed by atoms with Crippen molar-refractivity contribution >= 4 is 16.5 Å². The molecule has 0 aliphatic carbocycles. The average molecular weight is 305 g/mol. The van der Waals surface area contributed by atoms with Crippen LogP contribution in [0.3, 0.4) is 0 Å². The Bertz CT molecular complexity index is 518. The van der Waals surface area contributed by atoms with Crippen molar-refractivity contribution in [1.29, 1.82) is 0 Å². The van der Waals surface area contributed by atoms with Crippen LogP contribution in [-0.2, 0) is 11.3 Å². The lowest BCUT2D eigenvalue weighted by Crippen LogP contribution is -2.33. The van der Waals surface area contributed by atoms with E-state index in [2.05, 4.69) is 15.2 Å². The minimum absolute atomic E-state index is 0.0154. The SMILES string of the molecule is c1coc(CN2CCC3(CC(Nc4nccs4)CO3)C2)c1. The Kier molecular flexibility index (Phi) is 3.45. The van der Waals surface area contributed by atoms with Crippen LogP contribution in [0.2, 0.25) is 0 Å². The van der Waals surface area contributed by atoms with Crippen molar-refractivity contribution in [3.63, 3.8) is 0 Å². The molecule has 1 N–H and O–H groups in total. The normalized spacial score (nSPS) is 29.4. The van der Waals surface area contributed by atoms with Gasteiger partial charge in [0.2, 0.25) is 0 Å². The lowest BCUT2D eigenvalue weighted by atomic mass is 9.97. The second-order valence-electron chi connectivity index (χ2n) is 5.92. The van der Waals surface area contributed by atoms with Gasteiger partial charge in [-0.25, -0.2) is 4.98 Å². The van der Waals surface area contributed by atoms with Crippen LogP contribution in [0.25, 0.3) is 0 Å². The zero-order valence-corrected chi connectivity index (χ0v) is 12.6. The van der Waals surface area contributed by atoms with E-state index in [-0.39, 0.29) is 5.60 Å². The summed E-state index contributed by atoms with van der Waals surface area (Å²) < 4.78 is 11.6. The van der Waals surface area contributed by atoms with E-state index < -0.39 is 0 Å². The number of thiazole rings is 1. The van der Waals surface area contributed by atoms with Crippen molar-refractivity contribution in [3.8, 4) is 0 Å². The Balaban J connectivity index is 1.34. The first-order chi connectivity index (χ1) is 10.3. The number of anilines is 1. The summed E-state index contributed by atoms with van der Waals surface area (Å²) in [6.07, 6.45) is 5.73. The molecule has 2 unspecified atom stereocenters. The fourth-order valence-corrected chi connectivity index (χ4v) is 3.98. The molecular weight excluding hydrogens is 286 g/mol. The highest BCUT2D eigenvalue weighted by molar-refractivity contribution is 7.13. The number of hydrogen-bond donors (Lipinski definition) is 1. The van der Waals surface area contributed by atoms with Crippen molar-refractivity contribution in [2.45, 2.75) is 31.0 Å². The van der Waals surface area contributed by atoms with Crippen molar-refractivity contribution < 1.29 is 9.15 Å². The second kappa shape index (κ2) is 5.44. The predicted molar refractivity (Wildman–Crippen MR) is 81.4 cm³/mol. The highest BCUT2D eigenvalue weighted by Crippen LogP contribution is 2.36. The number of aromatic nitrogens is 1. The monoisotopic (exact) mass is 305 g/mol. The minimum atomic E-state index is 0.0154. The number of furan rings is 1. The van der Waals surface area contributed by atoms with Crippen molar-refractivity contribution in [2.75, 3.05) is 25.0 Å².